The lowest BCUT2D eigenvalue weighted by molar-refractivity contribution is -0.126. The van der Waals surface area contributed by atoms with Crippen molar-refractivity contribution in [3.63, 3.8) is 0 Å². The van der Waals surface area contributed by atoms with Gasteiger partial charge in [-0.1, -0.05) is 13.8 Å². The second-order valence-electron chi connectivity index (χ2n) is 7.73. The van der Waals surface area contributed by atoms with Crippen molar-refractivity contribution in [3.05, 3.63) is 12.4 Å². The van der Waals surface area contributed by atoms with Gasteiger partial charge >= 0.3 is 13.7 Å². The Balaban J connectivity index is 2.44. The van der Waals surface area contributed by atoms with Gasteiger partial charge in [0.1, 0.15) is 6.04 Å². The summed E-state index contributed by atoms with van der Waals surface area (Å²) < 4.78 is 21.0. The van der Waals surface area contributed by atoms with Gasteiger partial charge < -0.3 is 39.9 Å². The summed E-state index contributed by atoms with van der Waals surface area (Å²) >= 11 is 0. The van der Waals surface area contributed by atoms with E-state index in [0.717, 1.165) is 7.11 Å². The number of ether oxygens (including phenoxy) is 1. The normalized spacial score (nSPS) is 18.5. The van der Waals surface area contributed by atoms with Crippen molar-refractivity contribution in [3.8, 4) is 0 Å². The van der Waals surface area contributed by atoms with Crippen LogP contribution < -0.4 is 21.3 Å². The molecule has 34 heavy (non-hydrogen) atoms. The zero-order valence-corrected chi connectivity index (χ0v) is 21.0. The first-order valence-electron chi connectivity index (χ1n) is 10.5. The number of rotatable bonds is 14. The number of carbonyl (C=O) groups excluding carboxylic acids is 3. The molecule has 1 aliphatic heterocycles. The summed E-state index contributed by atoms with van der Waals surface area (Å²) in [6.45, 7) is 3.67. The molecule has 3 amide bonds. The Morgan fingerprint density at radius 2 is 1.97 bits per heavy atom. The van der Waals surface area contributed by atoms with Crippen LogP contribution in [0.1, 0.15) is 33.1 Å². The molecule has 7 N–H and O–H groups in total. The molecule has 16 heteroatoms. The van der Waals surface area contributed by atoms with Crippen LogP contribution in [0.15, 0.2) is 17.4 Å². The molecule has 0 saturated carbocycles. The molecule has 4 unspecified atom stereocenters. The van der Waals surface area contributed by atoms with E-state index in [2.05, 4.69) is 25.5 Å². The molecule has 0 bridgehead atoms. The molecule has 194 valence electrons. The lowest BCUT2D eigenvalue weighted by Crippen LogP contribution is -2.48. The first kappa shape index (κ1) is 30.0. The summed E-state index contributed by atoms with van der Waals surface area (Å²) in [4.78, 5) is 68.1. The fraction of sp³-hybridized carbons (Fsp3) is 0.667. The SMILES string of the molecule is COP(=O)(O)C(NC(=O)OCCCC(CC(C)C)NC(=O)CNC(=O)C1C=NC=CN1)P(O)O. The standard InChI is InChI=1S/C18H33N5O9P2/c1-12(2)9-13(22-15(24)11-21-16(25)14-10-19-6-7-20-14)5-4-8-32-17(26)23-18(33(27)28)34(29,30)31-3/h6-7,10,12-14,18,20,27-28H,4-5,8-9,11H2,1-3H3,(H,21,25)(H,22,24)(H,23,26)(H,29,30). The fourth-order valence-corrected chi connectivity index (χ4v) is 4.91. The Bertz CT molecular complexity index is 794. The maximum absolute atomic E-state index is 12.3. The highest BCUT2D eigenvalue weighted by Gasteiger charge is 2.39. The molecule has 0 spiro atoms. The highest BCUT2D eigenvalue weighted by Crippen LogP contribution is 2.56. The van der Waals surface area contributed by atoms with Gasteiger partial charge in [-0.15, -0.1) is 0 Å². The van der Waals surface area contributed by atoms with Crippen LogP contribution in [-0.2, 0) is 23.4 Å². The van der Waals surface area contributed by atoms with Gasteiger partial charge in [0.25, 0.3) is 0 Å². The lowest BCUT2D eigenvalue weighted by atomic mass is 10.00. The van der Waals surface area contributed by atoms with Gasteiger partial charge in [0, 0.05) is 31.8 Å². The second-order valence-corrected chi connectivity index (χ2v) is 11.3. The van der Waals surface area contributed by atoms with Gasteiger partial charge in [0.05, 0.1) is 13.2 Å². The number of hydrogen-bond acceptors (Lipinski definition) is 10. The molecule has 0 aromatic rings. The molecule has 0 aliphatic carbocycles. The average Bonchev–Trinajstić information content (AvgIpc) is 2.78. The van der Waals surface area contributed by atoms with E-state index in [1.54, 1.807) is 0 Å². The minimum atomic E-state index is -4.48. The van der Waals surface area contributed by atoms with Crippen molar-refractivity contribution in [2.45, 2.75) is 50.7 Å². The minimum Gasteiger partial charge on any atom is -0.450 e. The Kier molecular flexibility index (Phi) is 13.2. The summed E-state index contributed by atoms with van der Waals surface area (Å²) in [7, 11) is -6.58. The van der Waals surface area contributed by atoms with Gasteiger partial charge in [0.15, 0.2) is 0 Å². The van der Waals surface area contributed by atoms with Crippen LogP contribution in [-0.4, -0.2) is 76.7 Å². The van der Waals surface area contributed by atoms with Crippen molar-refractivity contribution in [2.75, 3.05) is 20.3 Å². The number of nitrogens with one attached hydrogen (secondary N) is 4. The van der Waals surface area contributed by atoms with Crippen LogP contribution in [0.4, 0.5) is 4.79 Å². The zero-order chi connectivity index (χ0) is 25.7. The Hall–Kier alpha value is -2.08. The molecule has 14 nitrogen and oxygen atoms in total. The molecule has 1 aliphatic rings. The van der Waals surface area contributed by atoms with Gasteiger partial charge in [-0.2, -0.15) is 0 Å². The molecule has 0 radical (unpaired) electrons. The fourth-order valence-electron chi connectivity index (χ4n) is 2.90. The summed E-state index contributed by atoms with van der Waals surface area (Å²) in [5.41, 5.74) is -1.91. The van der Waals surface area contributed by atoms with Gasteiger partial charge in [-0.25, -0.2) is 4.79 Å². The maximum Gasteiger partial charge on any atom is 0.408 e. The van der Waals surface area contributed by atoms with Crippen LogP contribution in [0.2, 0.25) is 0 Å². The Morgan fingerprint density at radius 1 is 1.26 bits per heavy atom. The molecule has 0 aromatic heterocycles. The Morgan fingerprint density at radius 3 is 2.53 bits per heavy atom. The van der Waals surface area contributed by atoms with Gasteiger partial charge in [-0.05, 0) is 25.2 Å². The molecule has 0 aromatic carbocycles. The topological polar surface area (TPSA) is 208 Å². The van der Waals surface area contributed by atoms with E-state index in [1.165, 1.54) is 18.6 Å². The lowest BCUT2D eigenvalue weighted by Gasteiger charge is -2.23. The number of nitrogens with zero attached hydrogens (tertiary/aromatic N) is 1. The molecular formula is C18H33N5O9P2. The van der Waals surface area contributed by atoms with Gasteiger partial charge in [-0.3, -0.25) is 24.5 Å². The molecular weight excluding hydrogens is 492 g/mol. The summed E-state index contributed by atoms with van der Waals surface area (Å²) in [5.74, 6) is -0.501. The third-order valence-corrected chi connectivity index (χ3v) is 7.80. The number of amides is 3. The van der Waals surface area contributed by atoms with Crippen LogP contribution in [0, 0.1) is 5.92 Å². The van der Waals surface area contributed by atoms with E-state index in [-0.39, 0.29) is 31.0 Å². The first-order valence-corrected chi connectivity index (χ1v) is 13.4. The van der Waals surface area contributed by atoms with E-state index in [9.17, 15) is 33.6 Å². The van der Waals surface area contributed by atoms with Crippen LogP contribution in [0.3, 0.4) is 0 Å². The van der Waals surface area contributed by atoms with Gasteiger partial charge in [0.2, 0.25) is 25.7 Å². The largest absolute Gasteiger partial charge is 0.450 e. The average molecular weight is 525 g/mol. The highest BCUT2D eigenvalue weighted by atomic mass is 31.2. The summed E-state index contributed by atoms with van der Waals surface area (Å²) in [6, 6.07) is -0.890. The van der Waals surface area contributed by atoms with Crippen molar-refractivity contribution < 1.29 is 42.9 Å². The molecule has 4 atom stereocenters. The third kappa shape index (κ3) is 11.4. The van der Waals surface area contributed by atoms with Crippen molar-refractivity contribution in [1.29, 1.82) is 0 Å². The van der Waals surface area contributed by atoms with E-state index in [1.807, 2.05) is 19.2 Å². The van der Waals surface area contributed by atoms with Crippen molar-refractivity contribution >= 4 is 40.1 Å². The van der Waals surface area contributed by atoms with E-state index in [4.69, 9.17) is 4.74 Å². The minimum absolute atomic E-state index is 0.0859. The predicted molar refractivity (Wildman–Crippen MR) is 125 cm³/mol. The number of carbonyl (C=O) groups is 3. The van der Waals surface area contributed by atoms with Crippen LogP contribution in [0.25, 0.3) is 0 Å². The quantitative estimate of drug-likeness (QED) is 0.120. The summed E-state index contributed by atoms with van der Waals surface area (Å²) in [5, 5.41) is 10.1. The van der Waals surface area contributed by atoms with Crippen LogP contribution >= 0.6 is 16.0 Å². The number of aliphatic imine (C=N–C) groups is 1. The first-order chi connectivity index (χ1) is 16.0. The Labute approximate surface area is 199 Å². The van der Waals surface area contributed by atoms with E-state index >= 15 is 0 Å². The third-order valence-electron chi connectivity index (χ3n) is 4.46. The molecule has 1 heterocycles. The van der Waals surface area contributed by atoms with E-state index < -0.39 is 39.5 Å². The zero-order valence-electron chi connectivity index (χ0n) is 19.2. The second kappa shape index (κ2) is 15.0. The molecule has 1 rings (SSSR count). The van der Waals surface area contributed by atoms with E-state index in [0.29, 0.717) is 19.3 Å². The maximum atomic E-state index is 12.3. The molecule has 0 fully saturated rings. The smallest absolute Gasteiger partial charge is 0.408 e. The van der Waals surface area contributed by atoms with Crippen LogP contribution in [0.5, 0.6) is 0 Å². The summed E-state index contributed by atoms with van der Waals surface area (Å²) in [6.07, 6.45) is 4.79. The van der Waals surface area contributed by atoms with Crippen molar-refractivity contribution in [1.82, 2.24) is 21.3 Å². The van der Waals surface area contributed by atoms with Crippen molar-refractivity contribution in [2.24, 2.45) is 10.9 Å². The number of hydrogen-bond donors (Lipinski definition) is 7. The molecule has 0 saturated heterocycles. The highest BCUT2D eigenvalue weighted by molar-refractivity contribution is 7.68. The monoisotopic (exact) mass is 525 g/mol. The number of alkyl carbamates (subject to hydrolysis) is 1. The predicted octanol–water partition coefficient (Wildman–Crippen LogP) is 0.0656.